The fourth-order valence-electron chi connectivity index (χ4n) is 2.26. The highest BCUT2D eigenvalue weighted by atomic mass is 16.5. The highest BCUT2D eigenvalue weighted by Crippen LogP contribution is 2.30. The van der Waals surface area contributed by atoms with Gasteiger partial charge in [0.05, 0.1) is 26.4 Å². The summed E-state index contributed by atoms with van der Waals surface area (Å²) in [5.41, 5.74) is 3.83. The van der Waals surface area contributed by atoms with E-state index in [4.69, 9.17) is 20.1 Å². The van der Waals surface area contributed by atoms with Crippen molar-refractivity contribution in [2.75, 3.05) is 20.8 Å². The standard InChI is InChI=1S/C15H26N2O3/c1-6-20-15(10(2)3)14(17-16)11-7-12(18-4)9-13(8-11)19-5/h7-10,14-15,17H,6,16H2,1-5H3. The number of ether oxygens (including phenoxy) is 3. The molecule has 0 heterocycles. The number of hydrogen-bond acceptors (Lipinski definition) is 5. The van der Waals surface area contributed by atoms with Crippen LogP contribution in [0.15, 0.2) is 18.2 Å². The van der Waals surface area contributed by atoms with E-state index in [1.54, 1.807) is 14.2 Å². The first-order valence-corrected chi connectivity index (χ1v) is 6.88. The maximum absolute atomic E-state index is 5.83. The Balaban J connectivity index is 3.15. The molecule has 3 N–H and O–H groups in total. The third-order valence-electron chi connectivity index (χ3n) is 3.26. The van der Waals surface area contributed by atoms with E-state index >= 15 is 0 Å². The highest BCUT2D eigenvalue weighted by Gasteiger charge is 2.26. The molecule has 0 aliphatic heterocycles. The highest BCUT2D eigenvalue weighted by molar-refractivity contribution is 5.40. The SMILES string of the molecule is CCOC(C(C)C)C(NN)c1cc(OC)cc(OC)c1. The topological polar surface area (TPSA) is 65.7 Å². The van der Waals surface area contributed by atoms with Gasteiger partial charge in [-0.05, 0) is 30.5 Å². The second-order valence-corrected chi connectivity index (χ2v) is 4.95. The monoisotopic (exact) mass is 282 g/mol. The van der Waals surface area contributed by atoms with Gasteiger partial charge in [0.1, 0.15) is 11.5 Å². The molecule has 0 saturated heterocycles. The van der Waals surface area contributed by atoms with Gasteiger partial charge in [-0.3, -0.25) is 11.3 Å². The molecule has 0 aliphatic rings. The molecule has 0 fully saturated rings. The molecule has 2 unspecified atom stereocenters. The molecule has 5 heteroatoms. The molecule has 20 heavy (non-hydrogen) atoms. The largest absolute Gasteiger partial charge is 0.497 e. The van der Waals surface area contributed by atoms with Crippen molar-refractivity contribution in [1.29, 1.82) is 0 Å². The molecule has 0 aromatic heterocycles. The quantitative estimate of drug-likeness (QED) is 0.565. The van der Waals surface area contributed by atoms with Gasteiger partial charge in [0.2, 0.25) is 0 Å². The van der Waals surface area contributed by atoms with Crippen LogP contribution >= 0.6 is 0 Å². The van der Waals surface area contributed by atoms with E-state index in [1.807, 2.05) is 25.1 Å². The third kappa shape index (κ3) is 4.10. The number of benzene rings is 1. The van der Waals surface area contributed by atoms with Gasteiger partial charge in [0, 0.05) is 12.7 Å². The van der Waals surface area contributed by atoms with Crippen LogP contribution in [0.3, 0.4) is 0 Å². The maximum Gasteiger partial charge on any atom is 0.122 e. The minimum atomic E-state index is -0.126. The molecule has 0 radical (unpaired) electrons. The Bertz CT molecular complexity index is 388. The Morgan fingerprint density at radius 3 is 2.00 bits per heavy atom. The zero-order chi connectivity index (χ0) is 15.1. The second-order valence-electron chi connectivity index (χ2n) is 4.95. The summed E-state index contributed by atoms with van der Waals surface area (Å²) in [6.45, 7) is 6.85. The first-order valence-electron chi connectivity index (χ1n) is 6.88. The lowest BCUT2D eigenvalue weighted by Crippen LogP contribution is -2.40. The summed E-state index contributed by atoms with van der Waals surface area (Å²) >= 11 is 0. The minimum Gasteiger partial charge on any atom is -0.497 e. The van der Waals surface area contributed by atoms with E-state index in [0.717, 1.165) is 17.1 Å². The molecule has 114 valence electrons. The van der Waals surface area contributed by atoms with Crippen molar-refractivity contribution < 1.29 is 14.2 Å². The molecule has 5 nitrogen and oxygen atoms in total. The molecule has 0 saturated carbocycles. The molecule has 1 rings (SSSR count). The number of hydrazine groups is 1. The van der Waals surface area contributed by atoms with Crippen molar-refractivity contribution in [1.82, 2.24) is 5.43 Å². The Morgan fingerprint density at radius 2 is 1.65 bits per heavy atom. The van der Waals surface area contributed by atoms with E-state index in [2.05, 4.69) is 19.3 Å². The lowest BCUT2D eigenvalue weighted by atomic mass is 9.93. The molecule has 1 aromatic carbocycles. The van der Waals surface area contributed by atoms with Gasteiger partial charge in [0.15, 0.2) is 0 Å². The normalized spacial score (nSPS) is 14.2. The van der Waals surface area contributed by atoms with E-state index in [-0.39, 0.29) is 12.1 Å². The summed E-state index contributed by atoms with van der Waals surface area (Å²) in [6, 6.07) is 5.60. The Kier molecular flexibility index (Phi) is 6.78. The van der Waals surface area contributed by atoms with E-state index in [0.29, 0.717) is 12.5 Å². The zero-order valence-corrected chi connectivity index (χ0v) is 13.0. The van der Waals surface area contributed by atoms with Gasteiger partial charge in [-0.2, -0.15) is 0 Å². The Labute approximate surface area is 121 Å². The van der Waals surface area contributed by atoms with Gasteiger partial charge in [-0.15, -0.1) is 0 Å². The van der Waals surface area contributed by atoms with Crippen molar-refractivity contribution >= 4 is 0 Å². The fourth-order valence-corrected chi connectivity index (χ4v) is 2.26. The van der Waals surface area contributed by atoms with Crippen LogP contribution in [0.4, 0.5) is 0 Å². The number of rotatable bonds is 8. The van der Waals surface area contributed by atoms with Crippen molar-refractivity contribution in [3.63, 3.8) is 0 Å². The summed E-state index contributed by atoms with van der Waals surface area (Å²) < 4.78 is 16.4. The van der Waals surface area contributed by atoms with E-state index < -0.39 is 0 Å². The predicted octanol–water partition coefficient (Wildman–Crippen LogP) is 2.27. The van der Waals surface area contributed by atoms with Crippen LogP contribution in [0.1, 0.15) is 32.4 Å². The van der Waals surface area contributed by atoms with Crippen LogP contribution in [-0.2, 0) is 4.74 Å². The van der Waals surface area contributed by atoms with Crippen LogP contribution in [0, 0.1) is 5.92 Å². The molecule has 1 aromatic rings. The maximum atomic E-state index is 5.83. The minimum absolute atomic E-state index is 0.0261. The van der Waals surface area contributed by atoms with Gasteiger partial charge in [-0.1, -0.05) is 13.8 Å². The summed E-state index contributed by atoms with van der Waals surface area (Å²) in [5.74, 6) is 7.54. The summed E-state index contributed by atoms with van der Waals surface area (Å²) in [6.07, 6.45) is -0.0261. The lowest BCUT2D eigenvalue weighted by Gasteiger charge is -2.30. The van der Waals surface area contributed by atoms with Crippen molar-refractivity contribution in [3.05, 3.63) is 23.8 Å². The first-order chi connectivity index (χ1) is 9.57. The number of nitrogens with two attached hydrogens (primary N) is 1. The first kappa shape index (κ1) is 16.8. The van der Waals surface area contributed by atoms with E-state index in [9.17, 15) is 0 Å². The average molecular weight is 282 g/mol. The summed E-state index contributed by atoms with van der Waals surface area (Å²) in [7, 11) is 3.26. The van der Waals surface area contributed by atoms with Crippen LogP contribution < -0.4 is 20.7 Å². The second kappa shape index (κ2) is 8.09. The van der Waals surface area contributed by atoms with Gasteiger partial charge in [-0.25, -0.2) is 0 Å². The van der Waals surface area contributed by atoms with Crippen molar-refractivity contribution in [2.24, 2.45) is 11.8 Å². The summed E-state index contributed by atoms with van der Waals surface area (Å²) in [4.78, 5) is 0. The third-order valence-corrected chi connectivity index (χ3v) is 3.26. The van der Waals surface area contributed by atoms with Crippen LogP contribution in [-0.4, -0.2) is 26.9 Å². The molecule has 0 bridgehead atoms. The molecule has 0 spiro atoms. The van der Waals surface area contributed by atoms with Crippen LogP contribution in [0.2, 0.25) is 0 Å². The lowest BCUT2D eigenvalue weighted by molar-refractivity contribution is 0.00270. The number of nitrogens with one attached hydrogen (secondary N) is 1. The van der Waals surface area contributed by atoms with Crippen LogP contribution in [0.25, 0.3) is 0 Å². The number of methoxy groups -OCH3 is 2. The predicted molar refractivity (Wildman–Crippen MR) is 79.9 cm³/mol. The van der Waals surface area contributed by atoms with Crippen molar-refractivity contribution in [2.45, 2.75) is 32.9 Å². The smallest absolute Gasteiger partial charge is 0.122 e. The Morgan fingerprint density at radius 1 is 1.10 bits per heavy atom. The van der Waals surface area contributed by atoms with Crippen LogP contribution in [0.5, 0.6) is 11.5 Å². The van der Waals surface area contributed by atoms with E-state index in [1.165, 1.54) is 0 Å². The van der Waals surface area contributed by atoms with Gasteiger partial charge in [0.25, 0.3) is 0 Å². The van der Waals surface area contributed by atoms with Gasteiger partial charge >= 0.3 is 0 Å². The summed E-state index contributed by atoms with van der Waals surface area (Å²) in [5, 5.41) is 0. The fraction of sp³-hybridized carbons (Fsp3) is 0.600. The molecule has 0 aliphatic carbocycles. The molecular weight excluding hydrogens is 256 g/mol. The van der Waals surface area contributed by atoms with Crippen molar-refractivity contribution in [3.8, 4) is 11.5 Å². The molecular formula is C15H26N2O3. The average Bonchev–Trinajstić information content (AvgIpc) is 2.46. The Hall–Kier alpha value is -1.30. The number of hydrogen-bond donors (Lipinski definition) is 2. The zero-order valence-electron chi connectivity index (χ0n) is 13.0. The molecule has 2 atom stereocenters. The molecule has 0 amide bonds. The van der Waals surface area contributed by atoms with Gasteiger partial charge < -0.3 is 14.2 Å².